The number of hydrogen-bond acceptors (Lipinski definition) is 2. The zero-order valence-corrected chi connectivity index (χ0v) is 10.8. The molecule has 0 heterocycles. The van der Waals surface area contributed by atoms with Gasteiger partial charge in [0, 0.05) is 6.04 Å². The van der Waals surface area contributed by atoms with Crippen LogP contribution in [-0.4, -0.2) is 13.2 Å². The zero-order valence-electron chi connectivity index (χ0n) is 10.8. The van der Waals surface area contributed by atoms with Crippen LogP contribution in [0.1, 0.15) is 45.2 Å². The predicted molar refractivity (Wildman–Crippen MR) is 68.9 cm³/mol. The maximum absolute atomic E-state index is 5.86. The summed E-state index contributed by atoms with van der Waals surface area (Å²) in [5.41, 5.74) is 1.27. The standard InChI is InChI=1S/C14H23NO/c1-5-7-11(2)16-14-9-6-8-13(10-14)12(3)15-4/h6,8-12,15H,5,7H2,1-4H3. The Kier molecular flexibility index (Phi) is 5.33. The van der Waals surface area contributed by atoms with E-state index in [-0.39, 0.29) is 0 Å². The quantitative estimate of drug-likeness (QED) is 0.793. The normalized spacial score (nSPS) is 14.5. The third-order valence-electron chi connectivity index (χ3n) is 2.82. The molecule has 0 aliphatic rings. The van der Waals surface area contributed by atoms with Gasteiger partial charge in [-0.25, -0.2) is 0 Å². The molecule has 0 saturated heterocycles. The van der Waals surface area contributed by atoms with Gasteiger partial charge in [-0.2, -0.15) is 0 Å². The minimum Gasteiger partial charge on any atom is -0.491 e. The molecule has 0 saturated carbocycles. The molecular formula is C14H23NO. The lowest BCUT2D eigenvalue weighted by atomic mass is 10.1. The molecule has 0 fully saturated rings. The van der Waals surface area contributed by atoms with Crippen molar-refractivity contribution in [3.05, 3.63) is 29.8 Å². The van der Waals surface area contributed by atoms with Crippen LogP contribution in [0.3, 0.4) is 0 Å². The van der Waals surface area contributed by atoms with Crippen molar-refractivity contribution in [3.63, 3.8) is 0 Å². The van der Waals surface area contributed by atoms with Crippen molar-refractivity contribution < 1.29 is 4.74 Å². The Hall–Kier alpha value is -1.02. The first-order chi connectivity index (χ1) is 7.67. The van der Waals surface area contributed by atoms with E-state index < -0.39 is 0 Å². The molecule has 16 heavy (non-hydrogen) atoms. The van der Waals surface area contributed by atoms with Gasteiger partial charge in [-0.05, 0) is 45.0 Å². The van der Waals surface area contributed by atoms with E-state index in [0.717, 1.165) is 18.6 Å². The van der Waals surface area contributed by atoms with Gasteiger partial charge < -0.3 is 10.1 Å². The van der Waals surface area contributed by atoms with Crippen LogP contribution in [0.15, 0.2) is 24.3 Å². The highest BCUT2D eigenvalue weighted by atomic mass is 16.5. The average molecular weight is 221 g/mol. The van der Waals surface area contributed by atoms with Crippen molar-refractivity contribution in [2.75, 3.05) is 7.05 Å². The van der Waals surface area contributed by atoms with Gasteiger partial charge in [0.25, 0.3) is 0 Å². The monoisotopic (exact) mass is 221 g/mol. The van der Waals surface area contributed by atoms with Gasteiger partial charge in [-0.1, -0.05) is 25.5 Å². The number of rotatable bonds is 6. The molecule has 0 spiro atoms. The van der Waals surface area contributed by atoms with Gasteiger partial charge >= 0.3 is 0 Å². The summed E-state index contributed by atoms with van der Waals surface area (Å²) in [5.74, 6) is 0.973. The van der Waals surface area contributed by atoms with Crippen LogP contribution < -0.4 is 10.1 Å². The van der Waals surface area contributed by atoms with Crippen LogP contribution >= 0.6 is 0 Å². The van der Waals surface area contributed by atoms with Crippen molar-refractivity contribution in [2.24, 2.45) is 0 Å². The third kappa shape index (κ3) is 3.86. The van der Waals surface area contributed by atoms with Gasteiger partial charge in [0.05, 0.1) is 6.10 Å². The van der Waals surface area contributed by atoms with Gasteiger partial charge in [-0.15, -0.1) is 0 Å². The Morgan fingerprint density at radius 1 is 1.31 bits per heavy atom. The van der Waals surface area contributed by atoms with E-state index in [2.05, 4.69) is 44.3 Å². The van der Waals surface area contributed by atoms with E-state index in [0.29, 0.717) is 12.1 Å². The maximum atomic E-state index is 5.86. The molecule has 0 bridgehead atoms. The Bertz CT molecular complexity index is 311. The average Bonchev–Trinajstić information content (AvgIpc) is 2.28. The highest BCUT2D eigenvalue weighted by Crippen LogP contribution is 2.20. The van der Waals surface area contributed by atoms with E-state index in [1.807, 2.05) is 13.1 Å². The molecule has 0 radical (unpaired) electrons. The van der Waals surface area contributed by atoms with E-state index >= 15 is 0 Å². The molecule has 2 nitrogen and oxygen atoms in total. The van der Waals surface area contributed by atoms with Crippen molar-refractivity contribution >= 4 is 0 Å². The fraction of sp³-hybridized carbons (Fsp3) is 0.571. The van der Waals surface area contributed by atoms with Crippen LogP contribution in [0, 0.1) is 0 Å². The topological polar surface area (TPSA) is 21.3 Å². The lowest BCUT2D eigenvalue weighted by molar-refractivity contribution is 0.209. The second-order valence-corrected chi connectivity index (χ2v) is 4.30. The highest BCUT2D eigenvalue weighted by Gasteiger charge is 2.06. The lowest BCUT2D eigenvalue weighted by Gasteiger charge is -2.16. The fourth-order valence-electron chi connectivity index (χ4n) is 1.72. The molecule has 0 aliphatic heterocycles. The Morgan fingerprint density at radius 3 is 2.69 bits per heavy atom. The van der Waals surface area contributed by atoms with Gasteiger partial charge in [0.15, 0.2) is 0 Å². The molecule has 0 amide bonds. The van der Waals surface area contributed by atoms with Crippen molar-refractivity contribution in [2.45, 2.75) is 45.8 Å². The van der Waals surface area contributed by atoms with Crippen molar-refractivity contribution in [3.8, 4) is 5.75 Å². The predicted octanol–water partition coefficient (Wildman–Crippen LogP) is 3.53. The molecule has 1 aromatic rings. The minimum absolute atomic E-state index is 0.296. The first kappa shape index (κ1) is 13.0. The van der Waals surface area contributed by atoms with Crippen LogP contribution in [0.25, 0.3) is 0 Å². The molecular weight excluding hydrogens is 198 g/mol. The summed E-state index contributed by atoms with van der Waals surface area (Å²) in [5, 5.41) is 3.23. The number of ether oxygens (including phenoxy) is 1. The number of benzene rings is 1. The molecule has 0 aliphatic carbocycles. The van der Waals surface area contributed by atoms with E-state index in [1.54, 1.807) is 0 Å². The van der Waals surface area contributed by atoms with Crippen LogP contribution in [0.4, 0.5) is 0 Å². The summed E-state index contributed by atoms with van der Waals surface area (Å²) >= 11 is 0. The molecule has 1 rings (SSSR count). The maximum Gasteiger partial charge on any atom is 0.120 e. The second kappa shape index (κ2) is 6.54. The largest absolute Gasteiger partial charge is 0.491 e. The summed E-state index contributed by atoms with van der Waals surface area (Å²) in [7, 11) is 1.97. The molecule has 1 N–H and O–H groups in total. The highest BCUT2D eigenvalue weighted by molar-refractivity contribution is 5.30. The smallest absolute Gasteiger partial charge is 0.120 e. The zero-order chi connectivity index (χ0) is 12.0. The molecule has 2 unspecified atom stereocenters. The summed E-state index contributed by atoms with van der Waals surface area (Å²) < 4.78 is 5.86. The Morgan fingerprint density at radius 2 is 2.06 bits per heavy atom. The summed E-state index contributed by atoms with van der Waals surface area (Å²) in [6, 6.07) is 8.69. The first-order valence-corrected chi connectivity index (χ1v) is 6.11. The summed E-state index contributed by atoms with van der Waals surface area (Å²) in [4.78, 5) is 0. The van der Waals surface area contributed by atoms with Crippen LogP contribution in [0.5, 0.6) is 5.75 Å². The molecule has 2 atom stereocenters. The second-order valence-electron chi connectivity index (χ2n) is 4.30. The summed E-state index contributed by atoms with van der Waals surface area (Å²) in [6.45, 7) is 6.45. The van der Waals surface area contributed by atoms with E-state index in [1.165, 1.54) is 5.56 Å². The van der Waals surface area contributed by atoms with Crippen LogP contribution in [0.2, 0.25) is 0 Å². The van der Waals surface area contributed by atoms with Crippen molar-refractivity contribution in [1.82, 2.24) is 5.32 Å². The Labute approximate surface area is 99.0 Å². The third-order valence-corrected chi connectivity index (χ3v) is 2.82. The molecule has 90 valence electrons. The van der Waals surface area contributed by atoms with Crippen molar-refractivity contribution in [1.29, 1.82) is 0 Å². The first-order valence-electron chi connectivity index (χ1n) is 6.11. The molecule has 2 heteroatoms. The van der Waals surface area contributed by atoms with E-state index in [9.17, 15) is 0 Å². The Balaban J connectivity index is 2.67. The lowest BCUT2D eigenvalue weighted by Crippen LogP contribution is -2.14. The van der Waals surface area contributed by atoms with Gasteiger partial charge in [-0.3, -0.25) is 0 Å². The van der Waals surface area contributed by atoms with E-state index in [4.69, 9.17) is 4.74 Å². The molecule has 0 aromatic heterocycles. The SMILES string of the molecule is CCCC(C)Oc1cccc(C(C)NC)c1. The minimum atomic E-state index is 0.296. The van der Waals surface area contributed by atoms with Gasteiger partial charge in [0.2, 0.25) is 0 Å². The van der Waals surface area contributed by atoms with Crippen LogP contribution in [-0.2, 0) is 0 Å². The fourth-order valence-corrected chi connectivity index (χ4v) is 1.72. The molecule has 1 aromatic carbocycles. The number of hydrogen-bond donors (Lipinski definition) is 1. The summed E-state index contributed by atoms with van der Waals surface area (Å²) in [6.07, 6.45) is 2.56. The number of nitrogens with one attached hydrogen (secondary N) is 1. The van der Waals surface area contributed by atoms with Gasteiger partial charge in [0.1, 0.15) is 5.75 Å².